The molecule has 0 radical (unpaired) electrons. The van der Waals surface area contributed by atoms with Crippen molar-refractivity contribution in [1.29, 1.82) is 0 Å². The molecule has 2 saturated heterocycles. The molecule has 6 rings (SSSR count). The summed E-state index contributed by atoms with van der Waals surface area (Å²) in [5, 5.41) is 8.18. The highest BCUT2D eigenvalue weighted by Gasteiger charge is 2.45. The second-order valence-corrected chi connectivity index (χ2v) is 14.3. The Kier molecular flexibility index (Phi) is 13.0. The van der Waals surface area contributed by atoms with E-state index >= 15 is 0 Å². The molecule has 1 N–H and O–H groups in total. The number of anilines is 3. The number of carbonyl (C=O) groups is 1. The molecule has 16 heteroatoms. The summed E-state index contributed by atoms with van der Waals surface area (Å²) in [6, 6.07) is 21.1. The van der Waals surface area contributed by atoms with Crippen molar-refractivity contribution >= 4 is 58.2 Å². The molecule has 2 amide bonds. The van der Waals surface area contributed by atoms with Crippen molar-refractivity contribution in [3.05, 3.63) is 95.0 Å². The lowest BCUT2D eigenvalue weighted by atomic mass is 10.1. The van der Waals surface area contributed by atoms with Crippen molar-refractivity contribution in [2.75, 3.05) is 81.0 Å². The number of halogens is 2. The highest BCUT2D eigenvalue weighted by Crippen LogP contribution is 2.40. The van der Waals surface area contributed by atoms with Crippen molar-refractivity contribution in [1.82, 2.24) is 19.1 Å². The first-order valence-electron chi connectivity index (χ1n) is 17.0. The van der Waals surface area contributed by atoms with Gasteiger partial charge >= 0.3 is 6.03 Å². The average Bonchev–Trinajstić information content (AvgIpc) is 3.83. The van der Waals surface area contributed by atoms with Crippen LogP contribution in [-0.4, -0.2) is 103 Å². The van der Waals surface area contributed by atoms with Gasteiger partial charge in [-0.05, 0) is 72.6 Å². The fraction of sp³-hybridized carbons (Fsp3) is 0.417. The molecule has 1 aromatic heterocycles. The van der Waals surface area contributed by atoms with Crippen LogP contribution in [0.3, 0.4) is 0 Å². The largest absolute Gasteiger partial charge is 0.491 e. The molecule has 4 aromatic rings. The Labute approximate surface area is 318 Å². The van der Waals surface area contributed by atoms with Gasteiger partial charge in [-0.25, -0.2) is 14.5 Å². The van der Waals surface area contributed by atoms with Crippen LogP contribution in [0, 0.1) is 0 Å². The normalized spacial score (nSPS) is 18.9. The van der Waals surface area contributed by atoms with Crippen molar-refractivity contribution in [2.24, 2.45) is 0 Å². The summed E-state index contributed by atoms with van der Waals surface area (Å²) in [5.41, 5.74) is 3.64. The first-order valence-corrected chi connectivity index (χ1v) is 18.7. The number of hydrogen-bond acceptors (Lipinski definition) is 11. The molecule has 0 saturated carbocycles. The standard InChI is InChI=1S/C36H43Cl2N7O6S/c1-4-52-45(20-34(47-2)48-3)35(46)41-27-6-8-28(9-7-27)42-15-17-43(18-16-42)29-10-12-30(13-11-29)49-21-31-22-50-36(51-31,23-44-25-39-24-40-44)32-14-5-26(37)19-33(32)38/h5-14,19,24-25,31,34H,4,15-18,20-23H2,1-3H3,(H,41,46). The van der Waals surface area contributed by atoms with E-state index < -0.39 is 12.1 Å². The highest BCUT2D eigenvalue weighted by atomic mass is 35.5. The predicted molar refractivity (Wildman–Crippen MR) is 203 cm³/mol. The van der Waals surface area contributed by atoms with E-state index in [2.05, 4.69) is 37.3 Å². The topological polar surface area (TPSA) is 116 Å². The van der Waals surface area contributed by atoms with Gasteiger partial charge in [0.2, 0.25) is 5.79 Å². The third-order valence-electron chi connectivity index (χ3n) is 8.79. The number of carbonyl (C=O) groups excluding carboxylic acids is 1. The Morgan fingerprint density at radius 2 is 1.69 bits per heavy atom. The van der Waals surface area contributed by atoms with Gasteiger partial charge in [0.05, 0.1) is 18.2 Å². The summed E-state index contributed by atoms with van der Waals surface area (Å²) in [4.78, 5) is 21.7. The summed E-state index contributed by atoms with van der Waals surface area (Å²) in [6.45, 7) is 6.66. The molecule has 0 bridgehead atoms. The van der Waals surface area contributed by atoms with E-state index in [0.717, 1.165) is 54.7 Å². The molecular weight excluding hydrogens is 729 g/mol. The Morgan fingerprint density at radius 3 is 2.29 bits per heavy atom. The quantitative estimate of drug-likeness (QED) is 0.107. The van der Waals surface area contributed by atoms with Crippen LogP contribution in [0.15, 0.2) is 79.4 Å². The molecule has 2 aliphatic rings. The number of hydrogen-bond donors (Lipinski definition) is 1. The number of benzene rings is 3. The van der Waals surface area contributed by atoms with Crippen molar-refractivity contribution in [3.8, 4) is 5.75 Å². The maximum Gasteiger partial charge on any atom is 0.332 e. The van der Waals surface area contributed by atoms with Gasteiger partial charge in [0.15, 0.2) is 6.29 Å². The zero-order valence-corrected chi connectivity index (χ0v) is 31.6. The zero-order valence-electron chi connectivity index (χ0n) is 29.3. The number of piperazine rings is 1. The van der Waals surface area contributed by atoms with Crippen LogP contribution in [-0.2, 0) is 31.3 Å². The minimum atomic E-state index is -1.17. The number of nitrogens with zero attached hydrogens (tertiary/aromatic N) is 6. The zero-order chi connectivity index (χ0) is 36.5. The minimum Gasteiger partial charge on any atom is -0.491 e. The number of rotatable bonds is 15. The smallest absolute Gasteiger partial charge is 0.332 e. The molecule has 3 aromatic carbocycles. The molecule has 0 aliphatic carbocycles. The number of ether oxygens (including phenoxy) is 5. The van der Waals surface area contributed by atoms with E-state index in [1.54, 1.807) is 41.7 Å². The Bertz CT molecular complexity index is 1730. The summed E-state index contributed by atoms with van der Waals surface area (Å²) >= 11 is 14.2. The van der Waals surface area contributed by atoms with Gasteiger partial charge in [0.25, 0.3) is 0 Å². The van der Waals surface area contributed by atoms with E-state index in [4.69, 9.17) is 46.9 Å². The number of amides is 2. The monoisotopic (exact) mass is 771 g/mol. The maximum atomic E-state index is 12.9. The minimum absolute atomic E-state index is 0.217. The fourth-order valence-electron chi connectivity index (χ4n) is 6.12. The Hall–Kier alpha value is -3.76. The van der Waals surface area contributed by atoms with Crippen LogP contribution >= 0.6 is 35.1 Å². The van der Waals surface area contributed by atoms with Crippen molar-refractivity contribution < 1.29 is 28.5 Å². The van der Waals surface area contributed by atoms with Crippen LogP contribution < -0.4 is 19.9 Å². The van der Waals surface area contributed by atoms with Crippen LogP contribution in [0.2, 0.25) is 10.0 Å². The summed E-state index contributed by atoms with van der Waals surface area (Å²) in [6.07, 6.45) is 2.23. The van der Waals surface area contributed by atoms with Crippen LogP contribution in [0.5, 0.6) is 5.75 Å². The molecule has 2 atom stereocenters. The lowest BCUT2D eigenvalue weighted by Gasteiger charge is -2.37. The molecule has 2 fully saturated rings. The molecule has 0 spiro atoms. The lowest BCUT2D eigenvalue weighted by Crippen LogP contribution is -2.46. The van der Waals surface area contributed by atoms with Gasteiger partial charge in [-0.2, -0.15) is 5.10 Å². The van der Waals surface area contributed by atoms with Gasteiger partial charge in [-0.1, -0.05) is 36.2 Å². The molecule has 2 aliphatic heterocycles. The van der Waals surface area contributed by atoms with E-state index in [1.165, 1.54) is 18.3 Å². The highest BCUT2D eigenvalue weighted by molar-refractivity contribution is 7.97. The average molecular weight is 773 g/mol. The van der Waals surface area contributed by atoms with Gasteiger partial charge in [0.1, 0.15) is 37.7 Å². The molecular formula is C36H43Cl2N7O6S. The third-order valence-corrected chi connectivity index (χ3v) is 10.2. The van der Waals surface area contributed by atoms with E-state index in [9.17, 15) is 4.79 Å². The second-order valence-electron chi connectivity index (χ2n) is 12.2. The second kappa shape index (κ2) is 17.8. The van der Waals surface area contributed by atoms with Crippen LogP contribution in [0.4, 0.5) is 21.9 Å². The van der Waals surface area contributed by atoms with Gasteiger partial charge < -0.3 is 38.8 Å². The Morgan fingerprint density at radius 1 is 1.02 bits per heavy atom. The van der Waals surface area contributed by atoms with E-state index in [0.29, 0.717) is 35.4 Å². The summed E-state index contributed by atoms with van der Waals surface area (Å²) in [5.74, 6) is 0.324. The Balaban J connectivity index is 0.981. The van der Waals surface area contributed by atoms with Gasteiger partial charge in [-0.3, -0.25) is 4.31 Å². The maximum absolute atomic E-state index is 12.9. The fourth-order valence-corrected chi connectivity index (χ4v) is 7.37. The molecule has 13 nitrogen and oxygen atoms in total. The van der Waals surface area contributed by atoms with Gasteiger partial charge in [0, 0.05) is 73.8 Å². The lowest BCUT2D eigenvalue weighted by molar-refractivity contribution is -0.190. The number of methoxy groups -OCH3 is 2. The number of urea groups is 1. The van der Waals surface area contributed by atoms with E-state index in [1.807, 2.05) is 49.4 Å². The van der Waals surface area contributed by atoms with Crippen molar-refractivity contribution in [3.63, 3.8) is 0 Å². The van der Waals surface area contributed by atoms with Crippen LogP contribution in [0.25, 0.3) is 0 Å². The van der Waals surface area contributed by atoms with Gasteiger partial charge in [-0.15, -0.1) is 0 Å². The molecule has 2 unspecified atom stereocenters. The first kappa shape index (κ1) is 38.0. The number of nitrogens with one attached hydrogen (secondary N) is 1. The summed E-state index contributed by atoms with van der Waals surface area (Å²) in [7, 11) is 3.12. The van der Waals surface area contributed by atoms with Crippen LogP contribution in [0.1, 0.15) is 12.5 Å². The van der Waals surface area contributed by atoms with E-state index in [-0.39, 0.29) is 18.7 Å². The predicted octanol–water partition coefficient (Wildman–Crippen LogP) is 6.38. The number of aromatic nitrogens is 3. The molecule has 3 heterocycles. The molecule has 52 heavy (non-hydrogen) atoms. The molecule has 278 valence electrons. The first-order chi connectivity index (χ1) is 25.3. The van der Waals surface area contributed by atoms with Crippen molar-refractivity contribution in [2.45, 2.75) is 31.6 Å². The summed E-state index contributed by atoms with van der Waals surface area (Å²) < 4.78 is 32.7. The SMILES string of the molecule is CCSN(CC(OC)OC)C(=O)Nc1ccc(N2CCN(c3ccc(OCC4COC(Cn5cncn5)(c5ccc(Cl)cc5Cl)O4)cc3)CC2)cc1. The third kappa shape index (κ3) is 9.42.